The highest BCUT2D eigenvalue weighted by Crippen LogP contribution is 2.21. The predicted octanol–water partition coefficient (Wildman–Crippen LogP) is 4.48. The minimum atomic E-state index is -0.270. The van der Waals surface area contributed by atoms with Gasteiger partial charge >= 0.3 is 0 Å². The number of nitrogens with zero attached hydrogens (tertiary/aromatic N) is 2. The Hall–Kier alpha value is -3.06. The van der Waals surface area contributed by atoms with Crippen molar-refractivity contribution in [2.24, 2.45) is 5.10 Å². The maximum absolute atomic E-state index is 13.2. The van der Waals surface area contributed by atoms with Crippen LogP contribution in [0.2, 0.25) is 0 Å². The molecule has 1 heterocycles. The molecule has 0 aliphatic heterocycles. The van der Waals surface area contributed by atoms with Crippen LogP contribution in [0.5, 0.6) is 5.75 Å². The summed E-state index contributed by atoms with van der Waals surface area (Å²) in [5, 5.41) is 4.07. The van der Waals surface area contributed by atoms with Gasteiger partial charge in [0, 0.05) is 27.5 Å². The van der Waals surface area contributed by atoms with Crippen molar-refractivity contribution in [3.63, 3.8) is 0 Å². The molecule has 3 rings (SSSR count). The number of hydrogen-bond acceptors (Lipinski definition) is 4. The molecule has 0 aliphatic rings. The maximum atomic E-state index is 13.2. The second-order valence-electron chi connectivity index (χ2n) is 6.40. The number of hydrazone groups is 1. The van der Waals surface area contributed by atoms with Crippen LogP contribution in [0.1, 0.15) is 17.0 Å². The fraction of sp³-hybridized carbons (Fsp3) is 0.182. The molecule has 0 unspecified atom stereocenters. The van der Waals surface area contributed by atoms with E-state index in [1.54, 1.807) is 25.5 Å². The van der Waals surface area contributed by atoms with E-state index in [1.165, 1.54) is 23.9 Å². The molecule has 0 saturated heterocycles. The molecule has 5 nitrogen and oxygen atoms in total. The number of rotatable bonds is 7. The Morgan fingerprint density at radius 3 is 2.52 bits per heavy atom. The van der Waals surface area contributed by atoms with Gasteiger partial charge in [0.2, 0.25) is 5.91 Å². The predicted molar refractivity (Wildman–Crippen MR) is 115 cm³/mol. The van der Waals surface area contributed by atoms with E-state index in [-0.39, 0.29) is 17.5 Å². The molecule has 0 spiro atoms. The van der Waals surface area contributed by atoms with Gasteiger partial charge in [-0.15, -0.1) is 11.8 Å². The normalized spacial score (nSPS) is 11.0. The Labute approximate surface area is 173 Å². The maximum Gasteiger partial charge on any atom is 0.250 e. The van der Waals surface area contributed by atoms with E-state index >= 15 is 0 Å². The van der Waals surface area contributed by atoms with Gasteiger partial charge < -0.3 is 9.30 Å². The second kappa shape index (κ2) is 9.43. The highest BCUT2D eigenvalue weighted by molar-refractivity contribution is 8.00. The van der Waals surface area contributed by atoms with Crippen LogP contribution in [0, 0.1) is 19.7 Å². The number of amides is 1. The number of benzene rings is 2. The van der Waals surface area contributed by atoms with Crippen LogP contribution in [0.15, 0.2) is 64.6 Å². The van der Waals surface area contributed by atoms with E-state index in [2.05, 4.69) is 10.5 Å². The summed E-state index contributed by atoms with van der Waals surface area (Å²) in [7, 11) is 1.62. The third kappa shape index (κ3) is 5.26. The van der Waals surface area contributed by atoms with Gasteiger partial charge in [-0.25, -0.2) is 9.82 Å². The van der Waals surface area contributed by atoms with Crippen molar-refractivity contribution in [3.8, 4) is 11.4 Å². The zero-order valence-corrected chi connectivity index (χ0v) is 17.3. The SMILES string of the molecule is COc1ccc(SCC(=O)N/N=C/c2cc(C)n(-c3ccc(F)cc3)c2C)cc1. The fourth-order valence-electron chi connectivity index (χ4n) is 2.93. The van der Waals surface area contributed by atoms with Crippen LogP contribution < -0.4 is 10.2 Å². The summed E-state index contributed by atoms with van der Waals surface area (Å²) in [4.78, 5) is 13.0. The van der Waals surface area contributed by atoms with Crippen molar-refractivity contribution in [1.29, 1.82) is 0 Å². The van der Waals surface area contributed by atoms with E-state index in [1.807, 2.05) is 48.7 Å². The quantitative estimate of drug-likeness (QED) is 0.354. The molecule has 1 amide bonds. The lowest BCUT2D eigenvalue weighted by atomic mass is 10.2. The van der Waals surface area contributed by atoms with Crippen molar-refractivity contribution in [1.82, 2.24) is 9.99 Å². The van der Waals surface area contributed by atoms with Crippen molar-refractivity contribution in [3.05, 3.63) is 77.4 Å². The number of carbonyl (C=O) groups excluding carboxylic acids is 1. The monoisotopic (exact) mass is 411 g/mol. The summed E-state index contributed by atoms with van der Waals surface area (Å²) in [5.41, 5.74) is 6.27. The Kier molecular flexibility index (Phi) is 6.72. The number of hydrogen-bond donors (Lipinski definition) is 1. The van der Waals surface area contributed by atoms with Gasteiger partial charge in [-0.3, -0.25) is 4.79 Å². The number of halogens is 1. The van der Waals surface area contributed by atoms with E-state index in [4.69, 9.17) is 4.74 Å². The number of ether oxygens (including phenoxy) is 1. The molecule has 0 bridgehead atoms. The molecular weight excluding hydrogens is 389 g/mol. The average molecular weight is 412 g/mol. The standard InChI is InChI=1S/C22H22FN3O2S/c1-15-12-17(16(2)26(15)19-6-4-18(23)5-7-19)13-24-25-22(27)14-29-21-10-8-20(28-3)9-11-21/h4-13H,14H2,1-3H3,(H,25,27)/b24-13+. The zero-order valence-electron chi connectivity index (χ0n) is 16.5. The van der Waals surface area contributed by atoms with E-state index in [0.29, 0.717) is 0 Å². The van der Waals surface area contributed by atoms with Crippen LogP contribution in [-0.2, 0) is 4.79 Å². The number of carbonyl (C=O) groups is 1. The number of methoxy groups -OCH3 is 1. The fourth-order valence-corrected chi connectivity index (χ4v) is 3.62. The molecule has 150 valence electrons. The molecule has 1 aromatic heterocycles. The van der Waals surface area contributed by atoms with Crippen LogP contribution in [0.25, 0.3) is 5.69 Å². The Bertz CT molecular complexity index is 1010. The minimum absolute atomic E-state index is 0.186. The molecule has 0 saturated carbocycles. The lowest BCUT2D eigenvalue weighted by molar-refractivity contribution is -0.118. The molecule has 7 heteroatoms. The Morgan fingerprint density at radius 2 is 1.86 bits per heavy atom. The van der Waals surface area contributed by atoms with Gasteiger partial charge in [0.15, 0.2) is 0 Å². The van der Waals surface area contributed by atoms with Crippen LogP contribution in [0.4, 0.5) is 4.39 Å². The Balaban J connectivity index is 1.59. The van der Waals surface area contributed by atoms with Gasteiger partial charge in [-0.05, 0) is 68.4 Å². The third-order valence-electron chi connectivity index (χ3n) is 4.38. The molecule has 0 atom stereocenters. The second-order valence-corrected chi connectivity index (χ2v) is 7.44. The first-order chi connectivity index (χ1) is 14.0. The van der Waals surface area contributed by atoms with Crippen LogP contribution in [-0.4, -0.2) is 29.6 Å². The molecule has 3 aromatic rings. The lowest BCUT2D eigenvalue weighted by Gasteiger charge is -2.09. The largest absolute Gasteiger partial charge is 0.497 e. The number of aromatic nitrogens is 1. The smallest absolute Gasteiger partial charge is 0.250 e. The first kappa shape index (κ1) is 20.7. The van der Waals surface area contributed by atoms with Crippen molar-refractivity contribution in [2.75, 3.05) is 12.9 Å². The van der Waals surface area contributed by atoms with Gasteiger partial charge in [0.25, 0.3) is 0 Å². The first-order valence-corrected chi connectivity index (χ1v) is 10.00. The van der Waals surface area contributed by atoms with Gasteiger partial charge in [-0.2, -0.15) is 5.10 Å². The highest BCUT2D eigenvalue weighted by atomic mass is 32.2. The molecule has 29 heavy (non-hydrogen) atoms. The lowest BCUT2D eigenvalue weighted by Crippen LogP contribution is -2.19. The average Bonchev–Trinajstić information content (AvgIpc) is 3.01. The van der Waals surface area contributed by atoms with Crippen LogP contribution in [0.3, 0.4) is 0 Å². The Morgan fingerprint density at radius 1 is 1.17 bits per heavy atom. The third-order valence-corrected chi connectivity index (χ3v) is 5.39. The minimum Gasteiger partial charge on any atom is -0.497 e. The molecular formula is C22H22FN3O2S. The summed E-state index contributed by atoms with van der Waals surface area (Å²) in [6.07, 6.45) is 1.62. The molecule has 1 N–H and O–H groups in total. The highest BCUT2D eigenvalue weighted by Gasteiger charge is 2.10. The summed E-state index contributed by atoms with van der Waals surface area (Å²) in [5.74, 6) is 0.586. The van der Waals surface area contributed by atoms with Crippen molar-refractivity contribution >= 4 is 23.9 Å². The van der Waals surface area contributed by atoms with Gasteiger partial charge in [0.1, 0.15) is 11.6 Å². The summed E-state index contributed by atoms with van der Waals surface area (Å²) in [6.45, 7) is 3.93. The number of nitrogens with one attached hydrogen (secondary N) is 1. The molecule has 0 aliphatic carbocycles. The van der Waals surface area contributed by atoms with Crippen molar-refractivity contribution in [2.45, 2.75) is 18.7 Å². The molecule has 0 fully saturated rings. The molecule has 2 aromatic carbocycles. The number of thioether (sulfide) groups is 1. The topological polar surface area (TPSA) is 55.6 Å². The van der Waals surface area contributed by atoms with Gasteiger partial charge in [-0.1, -0.05) is 0 Å². The first-order valence-electron chi connectivity index (χ1n) is 9.01. The zero-order chi connectivity index (χ0) is 20.8. The summed E-state index contributed by atoms with van der Waals surface area (Å²) < 4.78 is 20.3. The summed E-state index contributed by atoms with van der Waals surface area (Å²) in [6, 6.07) is 15.8. The van der Waals surface area contributed by atoms with Gasteiger partial charge in [0.05, 0.1) is 19.1 Å². The summed E-state index contributed by atoms with van der Waals surface area (Å²) >= 11 is 1.43. The number of aryl methyl sites for hydroxylation is 1. The van der Waals surface area contributed by atoms with E-state index < -0.39 is 0 Å². The molecule has 0 radical (unpaired) electrons. The van der Waals surface area contributed by atoms with Crippen molar-refractivity contribution < 1.29 is 13.9 Å². The van der Waals surface area contributed by atoms with Crippen LogP contribution >= 0.6 is 11.8 Å². The van der Waals surface area contributed by atoms with E-state index in [0.717, 1.165) is 33.3 Å². The van der Waals surface area contributed by atoms with E-state index in [9.17, 15) is 9.18 Å².